The SMILES string of the molecule is CCN1C=CC=CC1C=Cc1ccc(O)cc1.I. The lowest BCUT2D eigenvalue weighted by atomic mass is 10.1. The lowest BCUT2D eigenvalue weighted by Gasteiger charge is -2.26. The van der Waals surface area contributed by atoms with Gasteiger partial charge >= 0.3 is 0 Å². The third kappa shape index (κ3) is 3.91. The van der Waals surface area contributed by atoms with Crippen LogP contribution >= 0.6 is 24.0 Å². The number of benzene rings is 1. The van der Waals surface area contributed by atoms with E-state index in [9.17, 15) is 5.11 Å². The van der Waals surface area contributed by atoms with Crippen LogP contribution in [0.1, 0.15) is 12.5 Å². The van der Waals surface area contributed by atoms with Crippen LogP contribution < -0.4 is 0 Å². The highest BCUT2D eigenvalue weighted by Gasteiger charge is 2.08. The molecule has 0 saturated heterocycles. The average molecular weight is 355 g/mol. The van der Waals surface area contributed by atoms with Gasteiger partial charge in [0, 0.05) is 6.54 Å². The quantitative estimate of drug-likeness (QED) is 0.834. The zero-order chi connectivity index (χ0) is 12.1. The Morgan fingerprint density at radius 3 is 2.61 bits per heavy atom. The van der Waals surface area contributed by atoms with Crippen molar-refractivity contribution in [3.8, 4) is 5.75 Å². The molecule has 1 atom stereocenters. The van der Waals surface area contributed by atoms with Crippen LogP contribution in [0.2, 0.25) is 0 Å². The summed E-state index contributed by atoms with van der Waals surface area (Å²) in [5, 5.41) is 9.20. The molecule has 1 aromatic rings. The Morgan fingerprint density at radius 2 is 1.94 bits per heavy atom. The molecule has 0 amide bonds. The smallest absolute Gasteiger partial charge is 0.115 e. The summed E-state index contributed by atoms with van der Waals surface area (Å²) in [5.41, 5.74) is 1.10. The van der Waals surface area contributed by atoms with Gasteiger partial charge < -0.3 is 10.0 Å². The number of phenols is 1. The van der Waals surface area contributed by atoms with Crippen LogP contribution in [0.3, 0.4) is 0 Å². The standard InChI is InChI=1S/C15H17NO.HI/c1-2-16-12-4-3-5-14(16)9-6-13-7-10-15(17)11-8-13;/h3-12,14,17H,2H2,1H3;1H. The Labute approximate surface area is 125 Å². The molecule has 1 aliphatic heterocycles. The number of hydrogen-bond acceptors (Lipinski definition) is 2. The molecule has 1 aromatic carbocycles. The van der Waals surface area contributed by atoms with E-state index in [1.807, 2.05) is 18.2 Å². The van der Waals surface area contributed by atoms with E-state index >= 15 is 0 Å². The minimum absolute atomic E-state index is 0. The Hall–Kier alpha value is -1.23. The number of halogens is 1. The summed E-state index contributed by atoms with van der Waals surface area (Å²) in [6.07, 6.45) is 12.6. The number of nitrogens with zero attached hydrogens (tertiary/aromatic N) is 1. The zero-order valence-corrected chi connectivity index (χ0v) is 12.7. The molecule has 1 unspecified atom stereocenters. The summed E-state index contributed by atoms with van der Waals surface area (Å²) in [6, 6.07) is 7.54. The predicted molar refractivity (Wildman–Crippen MR) is 87.0 cm³/mol. The molecule has 1 N–H and O–H groups in total. The molecule has 0 fully saturated rings. The van der Waals surface area contributed by atoms with E-state index in [0.29, 0.717) is 11.8 Å². The minimum Gasteiger partial charge on any atom is -0.508 e. The summed E-state index contributed by atoms with van der Waals surface area (Å²) in [7, 11) is 0. The van der Waals surface area contributed by atoms with E-state index in [-0.39, 0.29) is 24.0 Å². The topological polar surface area (TPSA) is 23.5 Å². The van der Waals surface area contributed by atoms with Crippen molar-refractivity contribution in [3.05, 3.63) is 60.3 Å². The summed E-state index contributed by atoms with van der Waals surface area (Å²) in [5.74, 6) is 0.304. The highest BCUT2D eigenvalue weighted by molar-refractivity contribution is 14.0. The molecular formula is C15H18INO. The molecule has 3 heteroatoms. The van der Waals surface area contributed by atoms with E-state index in [1.54, 1.807) is 12.1 Å². The molecule has 0 radical (unpaired) electrons. The highest BCUT2D eigenvalue weighted by Crippen LogP contribution is 2.14. The van der Waals surface area contributed by atoms with E-state index in [0.717, 1.165) is 12.1 Å². The number of hydrogen-bond donors (Lipinski definition) is 1. The van der Waals surface area contributed by atoms with Gasteiger partial charge in [-0.15, -0.1) is 24.0 Å². The van der Waals surface area contributed by atoms with Crippen LogP contribution in [-0.2, 0) is 0 Å². The minimum atomic E-state index is 0. The average Bonchev–Trinajstić information content (AvgIpc) is 2.38. The van der Waals surface area contributed by atoms with Gasteiger partial charge in [-0.3, -0.25) is 0 Å². The fourth-order valence-electron chi connectivity index (χ4n) is 1.83. The van der Waals surface area contributed by atoms with E-state index in [1.165, 1.54) is 0 Å². The Balaban J connectivity index is 0.00000162. The number of phenolic OH excluding ortho intramolecular Hbond substituents is 1. The van der Waals surface area contributed by atoms with Crippen LogP contribution in [0.25, 0.3) is 6.08 Å². The number of rotatable bonds is 3. The van der Waals surface area contributed by atoms with Gasteiger partial charge in [-0.25, -0.2) is 0 Å². The van der Waals surface area contributed by atoms with Crippen molar-refractivity contribution in [3.63, 3.8) is 0 Å². The summed E-state index contributed by atoms with van der Waals surface area (Å²) >= 11 is 0. The van der Waals surface area contributed by atoms with Gasteiger partial charge in [0.1, 0.15) is 5.75 Å². The first-order chi connectivity index (χ1) is 8.29. The molecule has 18 heavy (non-hydrogen) atoms. The molecular weight excluding hydrogens is 337 g/mol. The van der Waals surface area contributed by atoms with Crippen molar-refractivity contribution in [2.75, 3.05) is 6.54 Å². The maximum atomic E-state index is 9.20. The van der Waals surface area contributed by atoms with E-state index in [2.05, 4.69) is 42.3 Å². The molecule has 0 aromatic heterocycles. The fraction of sp³-hybridized carbons (Fsp3) is 0.200. The van der Waals surface area contributed by atoms with Crippen LogP contribution in [0.15, 0.2) is 54.8 Å². The molecule has 2 rings (SSSR count). The van der Waals surface area contributed by atoms with Crippen molar-refractivity contribution in [1.29, 1.82) is 0 Å². The van der Waals surface area contributed by atoms with Gasteiger partial charge in [-0.05, 0) is 36.9 Å². The van der Waals surface area contributed by atoms with E-state index < -0.39 is 0 Å². The van der Waals surface area contributed by atoms with Crippen molar-refractivity contribution < 1.29 is 5.11 Å². The first kappa shape index (κ1) is 14.8. The fourth-order valence-corrected chi connectivity index (χ4v) is 1.83. The van der Waals surface area contributed by atoms with Crippen molar-refractivity contribution >= 4 is 30.1 Å². The van der Waals surface area contributed by atoms with Gasteiger partial charge in [-0.2, -0.15) is 0 Å². The lowest BCUT2D eigenvalue weighted by molar-refractivity contribution is 0.376. The number of aromatic hydroxyl groups is 1. The normalized spacial score (nSPS) is 18.1. The molecule has 2 nitrogen and oxygen atoms in total. The lowest BCUT2D eigenvalue weighted by Crippen LogP contribution is -2.28. The largest absolute Gasteiger partial charge is 0.508 e. The Bertz CT molecular complexity index is 448. The first-order valence-corrected chi connectivity index (χ1v) is 5.87. The van der Waals surface area contributed by atoms with Crippen LogP contribution in [0, 0.1) is 0 Å². The summed E-state index contributed by atoms with van der Waals surface area (Å²) < 4.78 is 0. The Morgan fingerprint density at radius 1 is 1.22 bits per heavy atom. The van der Waals surface area contributed by atoms with Crippen molar-refractivity contribution in [1.82, 2.24) is 4.90 Å². The molecule has 1 aliphatic rings. The van der Waals surface area contributed by atoms with E-state index in [4.69, 9.17) is 0 Å². The van der Waals surface area contributed by atoms with Gasteiger partial charge in [0.25, 0.3) is 0 Å². The van der Waals surface area contributed by atoms with Gasteiger partial charge in [-0.1, -0.05) is 36.4 Å². The molecule has 96 valence electrons. The molecule has 0 spiro atoms. The van der Waals surface area contributed by atoms with Gasteiger partial charge in [0.15, 0.2) is 0 Å². The molecule has 0 aliphatic carbocycles. The number of allylic oxidation sites excluding steroid dienone is 2. The third-order valence-electron chi connectivity index (χ3n) is 2.82. The zero-order valence-electron chi connectivity index (χ0n) is 10.4. The molecule has 1 heterocycles. The van der Waals surface area contributed by atoms with Crippen molar-refractivity contribution in [2.24, 2.45) is 0 Å². The van der Waals surface area contributed by atoms with Crippen LogP contribution in [-0.4, -0.2) is 22.6 Å². The monoisotopic (exact) mass is 355 g/mol. The molecule has 0 bridgehead atoms. The van der Waals surface area contributed by atoms with Gasteiger partial charge in [0.05, 0.1) is 6.04 Å². The predicted octanol–water partition coefficient (Wildman–Crippen LogP) is 3.80. The maximum Gasteiger partial charge on any atom is 0.115 e. The second-order valence-electron chi connectivity index (χ2n) is 4.00. The van der Waals surface area contributed by atoms with Crippen LogP contribution in [0.4, 0.5) is 0 Å². The number of likely N-dealkylation sites (N-methyl/N-ethyl adjacent to an activating group) is 1. The second kappa shape index (κ2) is 7.26. The third-order valence-corrected chi connectivity index (χ3v) is 2.82. The molecule has 0 saturated carbocycles. The first-order valence-electron chi connectivity index (χ1n) is 5.87. The van der Waals surface area contributed by atoms with Crippen LogP contribution in [0.5, 0.6) is 5.75 Å². The second-order valence-corrected chi connectivity index (χ2v) is 4.00. The van der Waals surface area contributed by atoms with Gasteiger partial charge in [0.2, 0.25) is 0 Å². The maximum absolute atomic E-state index is 9.20. The highest BCUT2D eigenvalue weighted by atomic mass is 127. The van der Waals surface area contributed by atoms with Crippen molar-refractivity contribution in [2.45, 2.75) is 13.0 Å². The summed E-state index contributed by atoms with van der Waals surface area (Å²) in [4.78, 5) is 2.26. The Kier molecular flexibility index (Phi) is 5.98. The summed E-state index contributed by atoms with van der Waals surface area (Å²) in [6.45, 7) is 3.14.